The van der Waals surface area contributed by atoms with Crippen LogP contribution in [0.15, 0.2) is 9.98 Å². The van der Waals surface area contributed by atoms with Crippen LogP contribution in [-0.4, -0.2) is 17.1 Å². The van der Waals surface area contributed by atoms with Crippen molar-refractivity contribution in [2.24, 2.45) is 9.98 Å². The fourth-order valence-corrected chi connectivity index (χ4v) is 1.01. The molecule has 0 saturated heterocycles. The summed E-state index contributed by atoms with van der Waals surface area (Å²) < 4.78 is 0. The van der Waals surface area contributed by atoms with E-state index in [1.165, 1.54) is 0 Å². The minimum absolute atomic E-state index is 0.186. The molecule has 0 bridgehead atoms. The van der Waals surface area contributed by atoms with Crippen LogP contribution in [-0.2, 0) is 0 Å². The molecule has 1 heterocycles. The van der Waals surface area contributed by atoms with Gasteiger partial charge < -0.3 is 0 Å². The van der Waals surface area contributed by atoms with Gasteiger partial charge in [0.15, 0.2) is 0 Å². The summed E-state index contributed by atoms with van der Waals surface area (Å²) in [5, 5.41) is 0. The molecule has 0 atom stereocenters. The lowest BCUT2D eigenvalue weighted by Crippen LogP contribution is -2.08. The zero-order chi connectivity index (χ0) is 7.07. The molecule has 0 unspecified atom stereocenters. The highest BCUT2D eigenvalue weighted by Gasteiger charge is 2.20. The van der Waals surface area contributed by atoms with Gasteiger partial charge in [0.1, 0.15) is 5.66 Å². The van der Waals surface area contributed by atoms with Crippen molar-refractivity contribution in [3.63, 3.8) is 0 Å². The van der Waals surface area contributed by atoms with Crippen LogP contribution in [0.3, 0.4) is 0 Å². The van der Waals surface area contributed by atoms with Gasteiger partial charge in [-0.25, -0.2) is 0 Å². The second kappa shape index (κ2) is 1.66. The third-order valence-corrected chi connectivity index (χ3v) is 1.41. The molecule has 50 valence electrons. The van der Waals surface area contributed by atoms with Gasteiger partial charge in [0.25, 0.3) is 0 Å². The normalized spacial score (nSPS) is 23.6. The van der Waals surface area contributed by atoms with E-state index in [0.717, 1.165) is 11.4 Å². The van der Waals surface area contributed by atoms with Crippen molar-refractivity contribution >= 4 is 11.4 Å². The zero-order valence-corrected chi connectivity index (χ0v) is 6.39. The van der Waals surface area contributed by atoms with Crippen LogP contribution in [0.4, 0.5) is 0 Å². The fourth-order valence-electron chi connectivity index (χ4n) is 1.01. The van der Waals surface area contributed by atoms with Crippen LogP contribution in [0.25, 0.3) is 0 Å². The van der Waals surface area contributed by atoms with Crippen molar-refractivity contribution in [1.82, 2.24) is 0 Å². The molecule has 2 heteroatoms. The number of hydrogen-bond acceptors (Lipinski definition) is 2. The molecule has 0 fully saturated rings. The predicted octanol–water partition coefficient (Wildman–Crippen LogP) is 1.66. The van der Waals surface area contributed by atoms with E-state index in [1.807, 2.05) is 27.7 Å². The third kappa shape index (κ3) is 1.18. The number of rotatable bonds is 0. The van der Waals surface area contributed by atoms with Crippen LogP contribution < -0.4 is 0 Å². The van der Waals surface area contributed by atoms with Crippen molar-refractivity contribution < 1.29 is 0 Å². The second-order valence-corrected chi connectivity index (χ2v) is 2.89. The average molecular weight is 124 g/mol. The maximum atomic E-state index is 4.31. The van der Waals surface area contributed by atoms with E-state index in [2.05, 4.69) is 9.98 Å². The van der Waals surface area contributed by atoms with E-state index in [4.69, 9.17) is 0 Å². The molecule has 0 aromatic heterocycles. The first-order valence-corrected chi connectivity index (χ1v) is 3.14. The summed E-state index contributed by atoms with van der Waals surface area (Å²) in [5.41, 5.74) is 1.95. The first kappa shape index (κ1) is 6.46. The van der Waals surface area contributed by atoms with Crippen LogP contribution >= 0.6 is 0 Å². The van der Waals surface area contributed by atoms with Gasteiger partial charge in [-0.15, -0.1) is 0 Å². The Morgan fingerprint density at radius 2 is 1.33 bits per heavy atom. The molecule has 9 heavy (non-hydrogen) atoms. The Morgan fingerprint density at radius 1 is 1.00 bits per heavy atom. The smallest absolute Gasteiger partial charge is 0.145 e. The zero-order valence-electron chi connectivity index (χ0n) is 6.39. The van der Waals surface area contributed by atoms with Gasteiger partial charge in [0.05, 0.1) is 11.4 Å². The summed E-state index contributed by atoms with van der Waals surface area (Å²) >= 11 is 0. The van der Waals surface area contributed by atoms with E-state index in [1.54, 1.807) is 0 Å². The summed E-state index contributed by atoms with van der Waals surface area (Å²) in [7, 11) is 0. The van der Waals surface area contributed by atoms with Crippen molar-refractivity contribution in [2.45, 2.75) is 33.4 Å². The molecule has 2 nitrogen and oxygen atoms in total. The molecule has 0 radical (unpaired) electrons. The quantitative estimate of drug-likeness (QED) is 0.469. The standard InChI is InChI=1S/C7H12N2/c1-5-6(2)9-7(3,4)8-5/h1-4H3. The molecule has 0 N–H and O–H groups in total. The van der Waals surface area contributed by atoms with E-state index in [-0.39, 0.29) is 5.66 Å². The first-order chi connectivity index (χ1) is 4.01. The van der Waals surface area contributed by atoms with E-state index in [9.17, 15) is 0 Å². The molecule has 1 aliphatic rings. The molecule has 0 aromatic carbocycles. The Hall–Kier alpha value is -0.660. The van der Waals surface area contributed by atoms with Gasteiger partial charge in [-0.3, -0.25) is 9.98 Å². The molecule has 1 rings (SSSR count). The highest BCUT2D eigenvalue weighted by Crippen LogP contribution is 2.17. The van der Waals surface area contributed by atoms with Gasteiger partial charge in [0, 0.05) is 0 Å². The topological polar surface area (TPSA) is 24.7 Å². The molecule has 0 aromatic rings. The molecule has 1 aliphatic heterocycles. The average Bonchev–Trinajstić information content (AvgIpc) is 1.79. The molecule has 0 spiro atoms. The molecule has 0 saturated carbocycles. The van der Waals surface area contributed by atoms with Crippen molar-refractivity contribution in [1.29, 1.82) is 0 Å². The lowest BCUT2D eigenvalue weighted by atomic mass is 10.3. The highest BCUT2D eigenvalue weighted by molar-refractivity contribution is 6.41. The minimum Gasteiger partial charge on any atom is -0.259 e. The van der Waals surface area contributed by atoms with Crippen LogP contribution in [0, 0.1) is 0 Å². The maximum absolute atomic E-state index is 4.31. The summed E-state index contributed by atoms with van der Waals surface area (Å²) in [5.74, 6) is 0. The molecule has 0 amide bonds. The Labute approximate surface area is 55.7 Å². The van der Waals surface area contributed by atoms with E-state index in [0.29, 0.717) is 0 Å². The summed E-state index contributed by atoms with van der Waals surface area (Å²) in [4.78, 5) is 8.63. The van der Waals surface area contributed by atoms with E-state index < -0.39 is 0 Å². The lowest BCUT2D eigenvalue weighted by molar-refractivity contribution is 0.566. The van der Waals surface area contributed by atoms with E-state index >= 15 is 0 Å². The van der Waals surface area contributed by atoms with Crippen molar-refractivity contribution in [2.75, 3.05) is 0 Å². The van der Waals surface area contributed by atoms with Gasteiger partial charge in [-0.1, -0.05) is 0 Å². The maximum Gasteiger partial charge on any atom is 0.145 e. The SMILES string of the molecule is CC1=NC(C)(C)N=C1C. The third-order valence-electron chi connectivity index (χ3n) is 1.41. The Morgan fingerprint density at radius 3 is 1.44 bits per heavy atom. The van der Waals surface area contributed by atoms with Gasteiger partial charge in [-0.05, 0) is 27.7 Å². The molecule has 0 aliphatic carbocycles. The minimum atomic E-state index is -0.186. The second-order valence-electron chi connectivity index (χ2n) is 2.89. The molecular formula is C7H12N2. The largest absolute Gasteiger partial charge is 0.259 e. The predicted molar refractivity (Wildman–Crippen MR) is 40.3 cm³/mol. The van der Waals surface area contributed by atoms with Crippen LogP contribution in [0.2, 0.25) is 0 Å². The summed E-state index contributed by atoms with van der Waals surface area (Å²) in [6, 6.07) is 0. The fraction of sp³-hybridized carbons (Fsp3) is 0.714. The van der Waals surface area contributed by atoms with Gasteiger partial charge in [0.2, 0.25) is 0 Å². The van der Waals surface area contributed by atoms with Crippen LogP contribution in [0.1, 0.15) is 27.7 Å². The monoisotopic (exact) mass is 124 g/mol. The highest BCUT2D eigenvalue weighted by atomic mass is 15.1. The Balaban J connectivity index is 2.96. The Kier molecular flexibility index (Phi) is 1.19. The lowest BCUT2D eigenvalue weighted by Gasteiger charge is -2.07. The first-order valence-electron chi connectivity index (χ1n) is 3.14. The van der Waals surface area contributed by atoms with Crippen LogP contribution in [0.5, 0.6) is 0 Å². The Bertz CT molecular complexity index is 167. The number of hydrogen-bond donors (Lipinski definition) is 0. The van der Waals surface area contributed by atoms with Gasteiger partial charge in [-0.2, -0.15) is 0 Å². The van der Waals surface area contributed by atoms with Gasteiger partial charge >= 0.3 is 0 Å². The number of aliphatic imine (C=N–C) groups is 2. The van der Waals surface area contributed by atoms with Crippen molar-refractivity contribution in [3.05, 3.63) is 0 Å². The van der Waals surface area contributed by atoms with Crippen molar-refractivity contribution in [3.8, 4) is 0 Å². The summed E-state index contributed by atoms with van der Waals surface area (Å²) in [6.45, 7) is 8.00. The number of nitrogens with zero attached hydrogens (tertiary/aromatic N) is 2. The molecular weight excluding hydrogens is 112 g/mol. The summed E-state index contributed by atoms with van der Waals surface area (Å²) in [6.07, 6.45) is 0.